The number of hydrogen-bond acceptors (Lipinski definition) is 2. The van der Waals surface area contributed by atoms with Crippen LogP contribution in [0.15, 0.2) is 18.2 Å². The molecule has 1 radical (unpaired) electrons. The molecule has 3 heteroatoms. The number of ketones is 1. The fraction of sp³-hybridized carbons (Fsp3) is 0.417. The van der Waals surface area contributed by atoms with Gasteiger partial charge in [-0.2, -0.15) is 18.2 Å². The molecule has 0 saturated carbocycles. The van der Waals surface area contributed by atoms with E-state index in [1.165, 1.54) is 5.56 Å². The van der Waals surface area contributed by atoms with Crippen LogP contribution in [-0.4, -0.2) is 11.9 Å². The monoisotopic (exact) mass is 278 g/mol. The molecule has 1 atom stereocenters. The zero-order valence-electron chi connectivity index (χ0n) is 8.82. The van der Waals surface area contributed by atoms with Crippen LogP contribution < -0.4 is 4.74 Å². The van der Waals surface area contributed by atoms with Gasteiger partial charge in [-0.25, -0.2) is 0 Å². The van der Waals surface area contributed by atoms with E-state index in [0.29, 0.717) is 6.42 Å². The summed E-state index contributed by atoms with van der Waals surface area (Å²) < 4.78 is 5.70. The molecule has 2 nitrogen and oxygen atoms in total. The van der Waals surface area contributed by atoms with E-state index in [9.17, 15) is 4.79 Å². The Morgan fingerprint density at radius 1 is 1.67 bits per heavy atom. The van der Waals surface area contributed by atoms with E-state index in [0.717, 1.165) is 18.6 Å². The molecule has 0 fully saturated rings. The van der Waals surface area contributed by atoms with Crippen LogP contribution in [0, 0.1) is 6.07 Å². The van der Waals surface area contributed by atoms with Crippen LogP contribution >= 0.6 is 0 Å². The van der Waals surface area contributed by atoms with E-state index in [2.05, 4.69) is 6.07 Å². The minimum atomic E-state index is 0. The molecule has 0 N–H and O–H groups in total. The topological polar surface area (TPSA) is 26.3 Å². The normalized spacial score (nSPS) is 18.3. The van der Waals surface area contributed by atoms with Gasteiger partial charge in [0, 0.05) is 44.9 Å². The van der Waals surface area contributed by atoms with Crippen LogP contribution in [0.25, 0.3) is 0 Å². The molecule has 0 aliphatic carbocycles. The molecule has 0 saturated heterocycles. The molecule has 0 aromatic heterocycles. The van der Waals surface area contributed by atoms with Crippen LogP contribution in [0.4, 0.5) is 0 Å². The third-order valence-corrected chi connectivity index (χ3v) is 2.45. The van der Waals surface area contributed by atoms with Gasteiger partial charge in [0.1, 0.15) is 11.9 Å². The Labute approximate surface area is 115 Å². The summed E-state index contributed by atoms with van der Waals surface area (Å²) in [4.78, 5) is 10.9. The second-order valence-electron chi connectivity index (χ2n) is 3.72. The van der Waals surface area contributed by atoms with Gasteiger partial charge >= 0.3 is 0 Å². The van der Waals surface area contributed by atoms with E-state index >= 15 is 0 Å². The fourth-order valence-corrected chi connectivity index (χ4v) is 1.78. The van der Waals surface area contributed by atoms with Gasteiger partial charge in [-0.1, -0.05) is 6.42 Å². The Morgan fingerprint density at radius 2 is 2.47 bits per heavy atom. The molecule has 1 heterocycles. The van der Waals surface area contributed by atoms with Gasteiger partial charge < -0.3 is 4.74 Å². The molecule has 77 valence electrons. The fourth-order valence-electron chi connectivity index (χ4n) is 1.78. The van der Waals surface area contributed by atoms with E-state index in [1.54, 1.807) is 6.92 Å². The Morgan fingerprint density at radius 3 is 3.20 bits per heavy atom. The molecule has 0 unspecified atom stereocenters. The summed E-state index contributed by atoms with van der Waals surface area (Å²) in [5.74, 6) is 1.11. The summed E-state index contributed by atoms with van der Waals surface area (Å²) in [7, 11) is 0. The standard InChI is InChI=1S/C12H13O2.Y/c1-9(13)8-11-7-6-10-4-2-3-5-12(10)14-11;/h3-5,11H,6-8H2,1H3;/q-1;/t11-;/m0./s1. The number of hydrogen-bond donors (Lipinski definition) is 0. The maximum atomic E-state index is 10.9. The molecule has 1 aromatic carbocycles. The average molecular weight is 278 g/mol. The number of carbonyl (C=O) groups is 1. The Bertz CT molecular complexity index is 349. The SMILES string of the molecule is CC(=O)C[C@@H]1CCc2c[c-]ccc2O1.[Y]. The van der Waals surface area contributed by atoms with Crippen LogP contribution in [0.5, 0.6) is 5.75 Å². The largest absolute Gasteiger partial charge is 0.515 e. The van der Waals surface area contributed by atoms with E-state index in [1.807, 2.05) is 18.2 Å². The molecule has 2 rings (SSSR count). The van der Waals surface area contributed by atoms with Crippen molar-refractivity contribution in [1.82, 2.24) is 0 Å². The third kappa shape index (κ3) is 3.39. The first-order valence-electron chi connectivity index (χ1n) is 4.91. The Hall–Kier alpha value is -0.206. The summed E-state index contributed by atoms with van der Waals surface area (Å²) in [6, 6.07) is 8.75. The van der Waals surface area contributed by atoms with Crippen molar-refractivity contribution in [3.05, 3.63) is 29.8 Å². The van der Waals surface area contributed by atoms with E-state index in [4.69, 9.17) is 4.74 Å². The smallest absolute Gasteiger partial charge is 0.133 e. The second kappa shape index (κ2) is 5.76. The van der Waals surface area contributed by atoms with Crippen molar-refractivity contribution >= 4 is 5.78 Å². The predicted octanol–water partition coefficient (Wildman–Crippen LogP) is 2.16. The molecule has 0 amide bonds. The van der Waals surface area contributed by atoms with E-state index in [-0.39, 0.29) is 44.6 Å². The molecule has 1 aliphatic heterocycles. The number of carbonyl (C=O) groups excluding carboxylic acids is 1. The molecule has 1 aliphatic rings. The summed E-state index contributed by atoms with van der Waals surface area (Å²) in [5, 5.41) is 0. The maximum Gasteiger partial charge on any atom is 0.133 e. The number of Topliss-reactive ketones (excluding diaryl/α,β-unsaturated/α-hetero) is 1. The van der Waals surface area contributed by atoms with Gasteiger partial charge in [-0.05, 0) is 13.3 Å². The van der Waals surface area contributed by atoms with Gasteiger partial charge in [-0.15, -0.1) is 11.6 Å². The summed E-state index contributed by atoms with van der Waals surface area (Å²) in [6.45, 7) is 1.61. The van der Waals surface area contributed by atoms with Crippen LogP contribution in [-0.2, 0) is 43.9 Å². The third-order valence-electron chi connectivity index (χ3n) is 2.45. The quantitative estimate of drug-likeness (QED) is 0.775. The van der Waals surface area contributed by atoms with Gasteiger partial charge in [0.15, 0.2) is 0 Å². The number of ether oxygens (including phenoxy) is 1. The van der Waals surface area contributed by atoms with Crippen molar-refractivity contribution < 1.29 is 42.2 Å². The van der Waals surface area contributed by atoms with Gasteiger partial charge in [0.25, 0.3) is 0 Å². The first-order chi connectivity index (χ1) is 6.75. The molecular weight excluding hydrogens is 265 g/mol. The van der Waals surface area contributed by atoms with Crippen molar-refractivity contribution in [3.63, 3.8) is 0 Å². The van der Waals surface area contributed by atoms with Crippen molar-refractivity contribution in [2.24, 2.45) is 0 Å². The zero-order valence-corrected chi connectivity index (χ0v) is 11.7. The van der Waals surface area contributed by atoms with Crippen LogP contribution in [0.2, 0.25) is 0 Å². The van der Waals surface area contributed by atoms with Crippen molar-refractivity contribution in [1.29, 1.82) is 0 Å². The number of fused-ring (bicyclic) bond motifs is 1. The summed E-state index contributed by atoms with van der Waals surface area (Å²) in [5.41, 5.74) is 1.20. The summed E-state index contributed by atoms with van der Waals surface area (Å²) >= 11 is 0. The number of rotatable bonds is 2. The van der Waals surface area contributed by atoms with Gasteiger partial charge in [-0.3, -0.25) is 4.79 Å². The number of aryl methyl sites for hydroxylation is 1. The zero-order chi connectivity index (χ0) is 9.97. The molecular formula is C12H13O2Y-. The van der Waals surface area contributed by atoms with Crippen molar-refractivity contribution in [2.45, 2.75) is 32.3 Å². The molecule has 1 aromatic rings. The molecule has 0 spiro atoms. The first kappa shape index (κ1) is 12.9. The number of benzene rings is 1. The van der Waals surface area contributed by atoms with Crippen molar-refractivity contribution in [2.75, 3.05) is 0 Å². The van der Waals surface area contributed by atoms with Gasteiger partial charge in [0.05, 0.1) is 0 Å². The van der Waals surface area contributed by atoms with Crippen LogP contribution in [0.3, 0.4) is 0 Å². The average Bonchev–Trinajstić information content (AvgIpc) is 2.17. The minimum Gasteiger partial charge on any atom is -0.515 e. The predicted molar refractivity (Wildman–Crippen MR) is 53.3 cm³/mol. The van der Waals surface area contributed by atoms with Gasteiger partial charge in [0.2, 0.25) is 0 Å². The van der Waals surface area contributed by atoms with Crippen molar-refractivity contribution in [3.8, 4) is 5.75 Å². The Kier molecular flexibility index (Phi) is 4.94. The van der Waals surface area contributed by atoms with E-state index < -0.39 is 0 Å². The molecule has 15 heavy (non-hydrogen) atoms. The van der Waals surface area contributed by atoms with Crippen LogP contribution in [0.1, 0.15) is 25.3 Å². The second-order valence-corrected chi connectivity index (χ2v) is 3.72. The minimum absolute atomic E-state index is 0. The Balaban J connectivity index is 0.00000112. The first-order valence-corrected chi connectivity index (χ1v) is 4.91. The maximum absolute atomic E-state index is 10.9. The summed E-state index contributed by atoms with van der Waals surface area (Å²) in [6.07, 6.45) is 2.52. The molecule has 0 bridgehead atoms.